The summed E-state index contributed by atoms with van der Waals surface area (Å²) in [5.74, 6) is 1.92. The quantitative estimate of drug-likeness (QED) is 0.735. The van der Waals surface area contributed by atoms with E-state index in [-0.39, 0.29) is 0 Å². The highest BCUT2D eigenvalue weighted by Gasteiger charge is 2.17. The van der Waals surface area contributed by atoms with Crippen molar-refractivity contribution in [3.8, 4) is 0 Å². The van der Waals surface area contributed by atoms with E-state index >= 15 is 0 Å². The predicted octanol–water partition coefficient (Wildman–Crippen LogP) is 2.12. The molecule has 1 N–H and O–H groups in total. The van der Waals surface area contributed by atoms with Crippen molar-refractivity contribution < 1.29 is 4.74 Å². The first-order valence-corrected chi connectivity index (χ1v) is 7.85. The molecule has 0 aromatic carbocycles. The molecule has 0 spiro atoms. The Bertz CT molecular complexity index is 209. The van der Waals surface area contributed by atoms with Crippen molar-refractivity contribution in [2.24, 2.45) is 11.8 Å². The van der Waals surface area contributed by atoms with E-state index in [9.17, 15) is 0 Å². The number of nitrogens with one attached hydrogen (secondary N) is 1. The molecule has 0 radical (unpaired) electrons. The molecule has 18 heavy (non-hydrogen) atoms. The third kappa shape index (κ3) is 5.25. The molecule has 1 aliphatic carbocycles. The molecular formula is C15H30N2O. The Hall–Kier alpha value is -0.120. The van der Waals surface area contributed by atoms with E-state index < -0.39 is 0 Å². The Morgan fingerprint density at radius 3 is 2.56 bits per heavy atom. The van der Waals surface area contributed by atoms with Gasteiger partial charge in [-0.15, -0.1) is 0 Å². The molecule has 2 rings (SSSR count). The Balaban J connectivity index is 1.43. The van der Waals surface area contributed by atoms with Crippen LogP contribution >= 0.6 is 0 Å². The second kappa shape index (κ2) is 8.13. The fourth-order valence-electron chi connectivity index (χ4n) is 3.09. The van der Waals surface area contributed by atoms with Gasteiger partial charge in [0.1, 0.15) is 0 Å². The van der Waals surface area contributed by atoms with Crippen LogP contribution in [-0.2, 0) is 4.74 Å². The summed E-state index contributed by atoms with van der Waals surface area (Å²) in [5, 5.41) is 3.65. The van der Waals surface area contributed by atoms with Crippen LogP contribution in [0.2, 0.25) is 0 Å². The molecule has 3 heteroatoms. The molecule has 0 bridgehead atoms. The number of hydrogen-bond donors (Lipinski definition) is 1. The summed E-state index contributed by atoms with van der Waals surface area (Å²) in [7, 11) is 0. The van der Waals surface area contributed by atoms with Crippen molar-refractivity contribution in [3.05, 3.63) is 0 Å². The van der Waals surface area contributed by atoms with E-state index in [2.05, 4.69) is 17.1 Å². The third-order valence-electron chi connectivity index (χ3n) is 4.50. The topological polar surface area (TPSA) is 24.5 Å². The molecule has 2 aliphatic rings. The summed E-state index contributed by atoms with van der Waals surface area (Å²) in [6.07, 6.45) is 7.05. The highest BCUT2D eigenvalue weighted by molar-refractivity contribution is 4.72. The van der Waals surface area contributed by atoms with Gasteiger partial charge in [-0.3, -0.25) is 4.90 Å². The minimum atomic E-state index is 0.924. The van der Waals surface area contributed by atoms with Crippen LogP contribution in [0.15, 0.2) is 0 Å². The van der Waals surface area contributed by atoms with Crippen LogP contribution in [0.4, 0.5) is 0 Å². The highest BCUT2D eigenvalue weighted by Crippen LogP contribution is 2.27. The third-order valence-corrected chi connectivity index (χ3v) is 4.50. The zero-order valence-electron chi connectivity index (χ0n) is 12.0. The molecule has 1 saturated heterocycles. The lowest BCUT2D eigenvalue weighted by molar-refractivity contribution is 0.0374. The molecular weight excluding hydrogens is 224 g/mol. The number of morpholine rings is 1. The summed E-state index contributed by atoms with van der Waals surface area (Å²) >= 11 is 0. The maximum absolute atomic E-state index is 5.36. The van der Waals surface area contributed by atoms with Gasteiger partial charge in [-0.2, -0.15) is 0 Å². The highest BCUT2D eigenvalue weighted by atomic mass is 16.5. The lowest BCUT2D eigenvalue weighted by Crippen LogP contribution is -2.38. The minimum absolute atomic E-state index is 0.924. The molecule has 1 saturated carbocycles. The van der Waals surface area contributed by atoms with Crippen LogP contribution in [0.5, 0.6) is 0 Å². The maximum atomic E-state index is 5.36. The maximum Gasteiger partial charge on any atom is 0.0594 e. The summed E-state index contributed by atoms with van der Waals surface area (Å²) in [4.78, 5) is 2.52. The first kappa shape index (κ1) is 14.3. The van der Waals surface area contributed by atoms with Crippen LogP contribution in [-0.4, -0.2) is 50.8 Å². The lowest BCUT2D eigenvalue weighted by atomic mass is 9.83. The van der Waals surface area contributed by atoms with Crippen LogP contribution < -0.4 is 5.32 Å². The van der Waals surface area contributed by atoms with Crippen LogP contribution in [0.25, 0.3) is 0 Å². The second-order valence-corrected chi connectivity index (χ2v) is 6.14. The zero-order chi connectivity index (χ0) is 12.6. The SMILES string of the molecule is CC1CCC(CNCCCN2CCOCC2)CC1. The molecule has 0 unspecified atom stereocenters. The molecule has 2 fully saturated rings. The lowest BCUT2D eigenvalue weighted by Gasteiger charge is -2.27. The number of ether oxygens (including phenoxy) is 1. The summed E-state index contributed by atoms with van der Waals surface area (Å²) in [5.41, 5.74) is 0. The first-order chi connectivity index (χ1) is 8.84. The van der Waals surface area contributed by atoms with Gasteiger partial charge in [-0.1, -0.05) is 19.8 Å². The van der Waals surface area contributed by atoms with Gasteiger partial charge >= 0.3 is 0 Å². The van der Waals surface area contributed by atoms with E-state index in [4.69, 9.17) is 4.74 Å². The van der Waals surface area contributed by atoms with E-state index in [0.29, 0.717) is 0 Å². The Labute approximate surface area is 112 Å². The predicted molar refractivity (Wildman–Crippen MR) is 75.9 cm³/mol. The van der Waals surface area contributed by atoms with E-state index in [1.54, 1.807) is 0 Å². The van der Waals surface area contributed by atoms with Gasteiger partial charge in [0.05, 0.1) is 13.2 Å². The van der Waals surface area contributed by atoms with Crippen LogP contribution in [0, 0.1) is 11.8 Å². The average Bonchev–Trinajstić information content (AvgIpc) is 2.42. The largest absolute Gasteiger partial charge is 0.379 e. The van der Waals surface area contributed by atoms with Crippen LogP contribution in [0.1, 0.15) is 39.0 Å². The van der Waals surface area contributed by atoms with E-state index in [0.717, 1.165) is 38.1 Å². The number of hydrogen-bond acceptors (Lipinski definition) is 3. The molecule has 1 heterocycles. The smallest absolute Gasteiger partial charge is 0.0594 e. The van der Waals surface area contributed by atoms with E-state index in [1.165, 1.54) is 51.7 Å². The van der Waals surface area contributed by atoms with Crippen molar-refractivity contribution in [2.45, 2.75) is 39.0 Å². The van der Waals surface area contributed by atoms with Gasteiger partial charge in [0.2, 0.25) is 0 Å². The monoisotopic (exact) mass is 254 g/mol. The van der Waals surface area contributed by atoms with Gasteiger partial charge in [0, 0.05) is 13.1 Å². The number of nitrogens with zero attached hydrogens (tertiary/aromatic N) is 1. The Morgan fingerprint density at radius 1 is 1.11 bits per heavy atom. The Kier molecular flexibility index (Phi) is 6.46. The Morgan fingerprint density at radius 2 is 1.83 bits per heavy atom. The first-order valence-electron chi connectivity index (χ1n) is 7.85. The standard InChI is InChI=1S/C15H30N2O/c1-14-3-5-15(6-4-14)13-16-7-2-8-17-9-11-18-12-10-17/h14-16H,2-13H2,1H3. The summed E-state index contributed by atoms with van der Waals surface area (Å²) in [6, 6.07) is 0. The van der Waals surface area contributed by atoms with Crippen molar-refractivity contribution in [1.29, 1.82) is 0 Å². The minimum Gasteiger partial charge on any atom is -0.379 e. The average molecular weight is 254 g/mol. The molecule has 0 aromatic rings. The summed E-state index contributed by atoms with van der Waals surface area (Å²) < 4.78 is 5.36. The van der Waals surface area contributed by atoms with Crippen molar-refractivity contribution in [1.82, 2.24) is 10.2 Å². The zero-order valence-corrected chi connectivity index (χ0v) is 12.0. The van der Waals surface area contributed by atoms with Gasteiger partial charge in [-0.05, 0) is 50.7 Å². The van der Waals surface area contributed by atoms with Gasteiger partial charge in [0.15, 0.2) is 0 Å². The second-order valence-electron chi connectivity index (χ2n) is 6.14. The molecule has 0 amide bonds. The van der Waals surface area contributed by atoms with Crippen molar-refractivity contribution >= 4 is 0 Å². The normalized spacial score (nSPS) is 30.5. The molecule has 106 valence electrons. The fraction of sp³-hybridized carbons (Fsp3) is 1.00. The fourth-order valence-corrected chi connectivity index (χ4v) is 3.09. The number of rotatable bonds is 6. The van der Waals surface area contributed by atoms with Crippen molar-refractivity contribution in [2.75, 3.05) is 45.9 Å². The molecule has 0 aromatic heterocycles. The molecule has 1 aliphatic heterocycles. The van der Waals surface area contributed by atoms with Gasteiger partial charge < -0.3 is 10.1 Å². The van der Waals surface area contributed by atoms with E-state index in [1.807, 2.05) is 0 Å². The van der Waals surface area contributed by atoms with Crippen molar-refractivity contribution in [3.63, 3.8) is 0 Å². The molecule has 0 atom stereocenters. The van der Waals surface area contributed by atoms with Crippen LogP contribution in [0.3, 0.4) is 0 Å². The van der Waals surface area contributed by atoms with Gasteiger partial charge in [-0.25, -0.2) is 0 Å². The van der Waals surface area contributed by atoms with Gasteiger partial charge in [0.25, 0.3) is 0 Å². The molecule has 3 nitrogen and oxygen atoms in total. The summed E-state index contributed by atoms with van der Waals surface area (Å²) in [6.45, 7) is 10.2.